The quantitative estimate of drug-likeness (QED) is 0.652. The van der Waals surface area contributed by atoms with E-state index in [1.54, 1.807) is 17.0 Å². The van der Waals surface area contributed by atoms with E-state index >= 15 is 0 Å². The molecule has 1 saturated heterocycles. The van der Waals surface area contributed by atoms with Crippen molar-refractivity contribution in [2.75, 3.05) is 18.0 Å². The van der Waals surface area contributed by atoms with Crippen LogP contribution in [-0.2, 0) is 0 Å². The summed E-state index contributed by atoms with van der Waals surface area (Å²) in [4.78, 5) is 24.6. The van der Waals surface area contributed by atoms with Gasteiger partial charge in [-0.2, -0.15) is 0 Å². The van der Waals surface area contributed by atoms with Crippen LogP contribution >= 0.6 is 0 Å². The topological polar surface area (TPSA) is 95.7 Å². The van der Waals surface area contributed by atoms with Gasteiger partial charge in [0.05, 0.1) is 11.0 Å². The van der Waals surface area contributed by atoms with Gasteiger partial charge < -0.3 is 15.3 Å². The van der Waals surface area contributed by atoms with Crippen LogP contribution in [0.4, 0.5) is 11.4 Å². The number of nitrogens with one attached hydrogen (secondary N) is 1. The lowest BCUT2D eigenvalue weighted by atomic mass is 10.1. The van der Waals surface area contributed by atoms with Crippen LogP contribution in [0.5, 0.6) is 0 Å². The maximum Gasteiger partial charge on any atom is 0.293 e. The minimum absolute atomic E-state index is 0.0384. The Kier molecular flexibility index (Phi) is 4.97. The molecule has 1 atom stereocenters. The van der Waals surface area contributed by atoms with E-state index in [0.717, 1.165) is 6.42 Å². The smallest absolute Gasteiger partial charge is 0.293 e. The van der Waals surface area contributed by atoms with E-state index in [9.17, 15) is 20.0 Å². The van der Waals surface area contributed by atoms with Gasteiger partial charge in [0.2, 0.25) is 0 Å². The lowest BCUT2D eigenvalue weighted by Crippen LogP contribution is -2.38. The predicted molar refractivity (Wildman–Crippen MR) is 83.2 cm³/mol. The first-order valence-electron chi connectivity index (χ1n) is 7.41. The average molecular weight is 307 g/mol. The number of nitro benzene ring substituents is 1. The first-order valence-corrected chi connectivity index (χ1v) is 7.41. The Morgan fingerprint density at radius 1 is 1.50 bits per heavy atom. The molecule has 7 heteroatoms. The maximum atomic E-state index is 12.0. The number of rotatable bonds is 4. The number of β-amino-alcohol motifs (C(OH)–C–C–N with tert-alkyl or cyclic N) is 1. The highest BCUT2D eigenvalue weighted by Gasteiger charge is 2.25. The summed E-state index contributed by atoms with van der Waals surface area (Å²) >= 11 is 0. The van der Waals surface area contributed by atoms with Crippen molar-refractivity contribution in [1.82, 2.24) is 5.32 Å². The third-order valence-electron chi connectivity index (χ3n) is 3.59. The van der Waals surface area contributed by atoms with Gasteiger partial charge in [0.25, 0.3) is 11.6 Å². The number of nitrogens with zero attached hydrogens (tertiary/aromatic N) is 2. The second-order valence-electron chi connectivity index (χ2n) is 5.83. The second kappa shape index (κ2) is 6.74. The van der Waals surface area contributed by atoms with Crippen LogP contribution in [-0.4, -0.2) is 41.2 Å². The van der Waals surface area contributed by atoms with Gasteiger partial charge >= 0.3 is 0 Å². The Morgan fingerprint density at radius 3 is 2.82 bits per heavy atom. The Bertz CT molecular complexity index is 574. The number of aliphatic hydroxyl groups excluding tert-OH is 1. The number of aliphatic hydroxyl groups is 1. The number of anilines is 1. The number of benzene rings is 1. The molecule has 1 unspecified atom stereocenters. The highest BCUT2D eigenvalue weighted by Crippen LogP contribution is 2.31. The molecule has 1 aromatic carbocycles. The summed E-state index contributed by atoms with van der Waals surface area (Å²) < 4.78 is 0. The third-order valence-corrected chi connectivity index (χ3v) is 3.59. The van der Waals surface area contributed by atoms with E-state index in [2.05, 4.69) is 5.32 Å². The number of amides is 1. The van der Waals surface area contributed by atoms with Crippen molar-refractivity contribution in [3.05, 3.63) is 33.9 Å². The Balaban J connectivity index is 2.31. The zero-order chi connectivity index (χ0) is 16.3. The van der Waals surface area contributed by atoms with Crippen LogP contribution in [0.2, 0.25) is 0 Å². The van der Waals surface area contributed by atoms with E-state index in [1.807, 2.05) is 13.8 Å². The van der Waals surface area contributed by atoms with Crippen molar-refractivity contribution in [1.29, 1.82) is 0 Å². The van der Waals surface area contributed by atoms with Gasteiger partial charge in [0, 0.05) is 30.8 Å². The minimum Gasteiger partial charge on any atom is -0.391 e. The first kappa shape index (κ1) is 16.2. The fourth-order valence-electron chi connectivity index (χ4n) is 2.60. The van der Waals surface area contributed by atoms with Crippen LogP contribution in [0, 0.1) is 10.1 Å². The number of nitro groups is 1. The Morgan fingerprint density at radius 2 is 2.23 bits per heavy atom. The standard InChI is InChI=1S/C15H21N3O4/c1-10(2)16-15(20)11-5-6-13(14(8-11)18(21)22)17-7-3-4-12(19)9-17/h5-6,8,10,12,19H,3-4,7,9H2,1-2H3,(H,16,20). The van der Waals surface area contributed by atoms with Crippen LogP contribution in [0.1, 0.15) is 37.0 Å². The summed E-state index contributed by atoms with van der Waals surface area (Å²) in [6, 6.07) is 4.43. The summed E-state index contributed by atoms with van der Waals surface area (Å²) in [5.41, 5.74) is 0.608. The van der Waals surface area contributed by atoms with Crippen molar-refractivity contribution in [2.24, 2.45) is 0 Å². The van der Waals surface area contributed by atoms with Gasteiger partial charge in [-0.15, -0.1) is 0 Å². The largest absolute Gasteiger partial charge is 0.391 e. The van der Waals surface area contributed by atoms with E-state index in [-0.39, 0.29) is 23.2 Å². The molecule has 0 spiro atoms. The molecule has 1 fully saturated rings. The molecule has 2 N–H and O–H groups in total. The molecule has 22 heavy (non-hydrogen) atoms. The summed E-state index contributed by atoms with van der Waals surface area (Å²) in [5, 5.41) is 23.8. The minimum atomic E-state index is -0.484. The fourth-order valence-corrected chi connectivity index (χ4v) is 2.60. The van der Waals surface area contributed by atoms with Gasteiger partial charge in [-0.1, -0.05) is 0 Å². The molecule has 0 aliphatic carbocycles. The van der Waals surface area contributed by atoms with E-state index in [1.165, 1.54) is 6.07 Å². The van der Waals surface area contributed by atoms with E-state index < -0.39 is 11.0 Å². The summed E-state index contributed by atoms with van der Waals surface area (Å²) in [5.74, 6) is -0.330. The third kappa shape index (κ3) is 3.73. The van der Waals surface area contributed by atoms with Crippen molar-refractivity contribution >= 4 is 17.3 Å². The average Bonchev–Trinajstić information content (AvgIpc) is 2.45. The number of piperidine rings is 1. The Hall–Kier alpha value is -2.15. The monoisotopic (exact) mass is 307 g/mol. The number of hydrogen-bond donors (Lipinski definition) is 2. The molecule has 1 aliphatic rings. The molecule has 0 radical (unpaired) electrons. The van der Waals surface area contributed by atoms with Crippen molar-refractivity contribution < 1.29 is 14.8 Å². The maximum absolute atomic E-state index is 12.0. The summed E-state index contributed by atoms with van der Waals surface area (Å²) in [6.45, 7) is 4.69. The van der Waals surface area contributed by atoms with Crippen LogP contribution < -0.4 is 10.2 Å². The molecule has 120 valence electrons. The molecule has 7 nitrogen and oxygen atoms in total. The van der Waals surface area contributed by atoms with Gasteiger partial charge in [-0.25, -0.2) is 0 Å². The fraction of sp³-hybridized carbons (Fsp3) is 0.533. The number of carbonyl (C=O) groups is 1. The van der Waals surface area contributed by atoms with Gasteiger partial charge in [-0.3, -0.25) is 14.9 Å². The molecule has 1 amide bonds. The molecule has 0 bridgehead atoms. The van der Waals surface area contributed by atoms with Crippen molar-refractivity contribution in [2.45, 2.75) is 38.8 Å². The van der Waals surface area contributed by atoms with E-state index in [0.29, 0.717) is 25.2 Å². The predicted octanol–water partition coefficient (Wildman–Crippen LogP) is 1.69. The van der Waals surface area contributed by atoms with Crippen LogP contribution in [0.25, 0.3) is 0 Å². The highest BCUT2D eigenvalue weighted by atomic mass is 16.6. The molecule has 1 aromatic rings. The SMILES string of the molecule is CC(C)NC(=O)c1ccc(N2CCCC(O)C2)c([N+](=O)[O-])c1. The van der Waals surface area contributed by atoms with Gasteiger partial charge in [0.1, 0.15) is 5.69 Å². The van der Waals surface area contributed by atoms with Crippen molar-refractivity contribution in [3.63, 3.8) is 0 Å². The van der Waals surface area contributed by atoms with Gasteiger partial charge in [-0.05, 0) is 38.8 Å². The van der Waals surface area contributed by atoms with Crippen LogP contribution in [0.15, 0.2) is 18.2 Å². The molecule has 1 aliphatic heterocycles. The zero-order valence-corrected chi connectivity index (χ0v) is 12.8. The normalized spacial score (nSPS) is 18.4. The molecule has 1 heterocycles. The number of hydrogen-bond acceptors (Lipinski definition) is 5. The summed E-state index contributed by atoms with van der Waals surface area (Å²) in [6.07, 6.45) is 1.02. The highest BCUT2D eigenvalue weighted by molar-refractivity contribution is 5.96. The van der Waals surface area contributed by atoms with E-state index in [4.69, 9.17) is 0 Å². The molecular weight excluding hydrogens is 286 g/mol. The van der Waals surface area contributed by atoms with Crippen LogP contribution in [0.3, 0.4) is 0 Å². The lowest BCUT2D eigenvalue weighted by Gasteiger charge is -2.31. The molecular formula is C15H21N3O4. The molecule has 0 aromatic heterocycles. The first-order chi connectivity index (χ1) is 10.4. The zero-order valence-electron chi connectivity index (χ0n) is 12.8. The van der Waals surface area contributed by atoms with Crippen molar-refractivity contribution in [3.8, 4) is 0 Å². The second-order valence-corrected chi connectivity index (χ2v) is 5.83. The van der Waals surface area contributed by atoms with Gasteiger partial charge in [0.15, 0.2) is 0 Å². The Labute approximate surface area is 129 Å². The number of carbonyl (C=O) groups excluding carboxylic acids is 1. The summed E-state index contributed by atoms with van der Waals surface area (Å²) in [7, 11) is 0. The molecule has 2 rings (SSSR count). The lowest BCUT2D eigenvalue weighted by molar-refractivity contribution is -0.384. The molecule has 0 saturated carbocycles.